The van der Waals surface area contributed by atoms with Gasteiger partial charge < -0.3 is 9.55 Å². The molecule has 0 spiro atoms. The van der Waals surface area contributed by atoms with Gasteiger partial charge in [0.1, 0.15) is 10.7 Å². The van der Waals surface area contributed by atoms with Crippen molar-refractivity contribution >= 4 is 33.3 Å². The van der Waals surface area contributed by atoms with Gasteiger partial charge in [-0.05, 0) is 38.5 Å². The highest BCUT2D eigenvalue weighted by Gasteiger charge is 2.19. The molecule has 4 heterocycles. The second kappa shape index (κ2) is 6.90. The van der Waals surface area contributed by atoms with Crippen molar-refractivity contribution in [1.29, 1.82) is 0 Å². The van der Waals surface area contributed by atoms with Gasteiger partial charge in [-0.3, -0.25) is 9.78 Å². The molecule has 0 aliphatic carbocycles. The normalized spacial score (nSPS) is 12.6. The monoisotopic (exact) mass is 398 g/mol. The van der Waals surface area contributed by atoms with Crippen LogP contribution >= 0.6 is 23.1 Å². The Hall–Kier alpha value is -2.52. The largest absolute Gasteiger partial charge is 0.309 e. The lowest BCUT2D eigenvalue weighted by Gasteiger charge is -2.10. The SMILES string of the molecule is Cc1sc2nc(C(C)Sc3nnc(-c4cccnc4)n3C)[nH]c(=O)c2c1C. The molecule has 1 atom stereocenters. The van der Waals surface area contributed by atoms with E-state index in [1.54, 1.807) is 23.7 Å². The van der Waals surface area contributed by atoms with Crippen LogP contribution in [0.25, 0.3) is 21.6 Å². The summed E-state index contributed by atoms with van der Waals surface area (Å²) in [6, 6.07) is 3.82. The minimum absolute atomic E-state index is 0.0746. The standard InChI is InChI=1S/C18H18N6OS2/c1-9-10(2)26-17-13(9)16(25)20-14(21-17)11(3)27-18-23-22-15(24(18)4)12-6-5-7-19-8-12/h5-8,11H,1-4H3,(H,20,21,25). The van der Waals surface area contributed by atoms with Gasteiger partial charge in [0, 0.05) is 29.9 Å². The number of hydrogen-bond acceptors (Lipinski definition) is 7. The van der Waals surface area contributed by atoms with Crippen molar-refractivity contribution in [1.82, 2.24) is 29.7 Å². The van der Waals surface area contributed by atoms with E-state index in [1.807, 2.05) is 44.5 Å². The summed E-state index contributed by atoms with van der Waals surface area (Å²) in [5, 5.41) is 9.94. The van der Waals surface area contributed by atoms with E-state index in [1.165, 1.54) is 11.8 Å². The number of hydrogen-bond donors (Lipinski definition) is 1. The molecule has 0 aliphatic heterocycles. The summed E-state index contributed by atoms with van der Waals surface area (Å²) in [6.45, 7) is 5.97. The van der Waals surface area contributed by atoms with Crippen LogP contribution < -0.4 is 5.56 Å². The summed E-state index contributed by atoms with van der Waals surface area (Å²) in [7, 11) is 1.92. The van der Waals surface area contributed by atoms with Crippen LogP contribution in [0, 0.1) is 13.8 Å². The number of aromatic amines is 1. The molecule has 0 radical (unpaired) electrons. The average molecular weight is 399 g/mol. The molecule has 1 unspecified atom stereocenters. The maximum atomic E-state index is 12.5. The Morgan fingerprint density at radius 3 is 2.85 bits per heavy atom. The van der Waals surface area contributed by atoms with Crippen LogP contribution in [0.15, 0.2) is 34.5 Å². The molecule has 0 saturated heterocycles. The summed E-state index contributed by atoms with van der Waals surface area (Å²) < 4.78 is 1.92. The number of rotatable bonds is 4. The molecule has 0 aliphatic rings. The lowest BCUT2D eigenvalue weighted by Crippen LogP contribution is -2.12. The number of nitrogens with one attached hydrogen (secondary N) is 1. The number of thioether (sulfide) groups is 1. The topological polar surface area (TPSA) is 89.3 Å². The highest BCUT2D eigenvalue weighted by molar-refractivity contribution is 7.99. The van der Waals surface area contributed by atoms with E-state index < -0.39 is 0 Å². The fourth-order valence-corrected chi connectivity index (χ4v) is 4.75. The summed E-state index contributed by atoms with van der Waals surface area (Å²) in [5.74, 6) is 1.39. The molecule has 0 aromatic carbocycles. The van der Waals surface area contributed by atoms with E-state index in [0.717, 1.165) is 31.8 Å². The number of fused-ring (bicyclic) bond motifs is 1. The molecule has 4 rings (SSSR count). The van der Waals surface area contributed by atoms with Gasteiger partial charge in [0.25, 0.3) is 5.56 Å². The van der Waals surface area contributed by atoms with Crippen molar-refractivity contribution in [3.05, 3.63) is 51.1 Å². The predicted octanol–water partition coefficient (Wildman–Crippen LogP) is 3.65. The van der Waals surface area contributed by atoms with E-state index in [0.29, 0.717) is 11.2 Å². The molecule has 0 saturated carbocycles. The first-order valence-corrected chi connectivity index (χ1v) is 10.1. The Morgan fingerprint density at radius 2 is 2.11 bits per heavy atom. The zero-order valence-electron chi connectivity index (χ0n) is 15.3. The lowest BCUT2D eigenvalue weighted by molar-refractivity contribution is 0.786. The molecule has 1 N–H and O–H groups in total. The van der Waals surface area contributed by atoms with Crippen molar-refractivity contribution in [3.63, 3.8) is 0 Å². The first-order valence-electron chi connectivity index (χ1n) is 8.42. The van der Waals surface area contributed by atoms with Crippen LogP contribution in [-0.4, -0.2) is 29.7 Å². The number of pyridine rings is 1. The van der Waals surface area contributed by atoms with Crippen LogP contribution in [0.2, 0.25) is 0 Å². The molecule has 0 amide bonds. The van der Waals surface area contributed by atoms with E-state index >= 15 is 0 Å². The molecule has 27 heavy (non-hydrogen) atoms. The molecule has 4 aromatic heterocycles. The zero-order chi connectivity index (χ0) is 19.1. The lowest BCUT2D eigenvalue weighted by atomic mass is 10.2. The first kappa shape index (κ1) is 17.9. The number of aromatic nitrogens is 6. The number of aryl methyl sites for hydroxylation is 2. The highest BCUT2D eigenvalue weighted by Crippen LogP contribution is 2.34. The van der Waals surface area contributed by atoms with E-state index in [-0.39, 0.29) is 10.8 Å². The van der Waals surface area contributed by atoms with Gasteiger partial charge in [0.2, 0.25) is 0 Å². The van der Waals surface area contributed by atoms with Gasteiger partial charge in [-0.2, -0.15) is 0 Å². The molecule has 0 bridgehead atoms. The third-order valence-corrected chi connectivity index (χ3v) is 6.72. The van der Waals surface area contributed by atoms with Crippen LogP contribution in [0.4, 0.5) is 0 Å². The third-order valence-electron chi connectivity index (χ3n) is 4.48. The minimum Gasteiger partial charge on any atom is -0.309 e. The highest BCUT2D eigenvalue weighted by atomic mass is 32.2. The van der Waals surface area contributed by atoms with E-state index in [2.05, 4.69) is 25.1 Å². The number of nitrogens with zero attached hydrogens (tertiary/aromatic N) is 5. The van der Waals surface area contributed by atoms with E-state index in [4.69, 9.17) is 0 Å². The van der Waals surface area contributed by atoms with Crippen molar-refractivity contribution in [3.8, 4) is 11.4 Å². The summed E-state index contributed by atoms with van der Waals surface area (Å²) in [5.41, 5.74) is 1.83. The second-order valence-corrected chi connectivity index (χ2v) is 8.79. The van der Waals surface area contributed by atoms with Crippen LogP contribution in [0.5, 0.6) is 0 Å². The fourth-order valence-electron chi connectivity index (χ4n) is 2.84. The van der Waals surface area contributed by atoms with Crippen LogP contribution in [0.1, 0.15) is 28.4 Å². The minimum atomic E-state index is -0.0849. The number of thiophene rings is 1. The molecule has 138 valence electrons. The van der Waals surface area contributed by atoms with Gasteiger partial charge in [-0.25, -0.2) is 4.98 Å². The maximum absolute atomic E-state index is 12.5. The van der Waals surface area contributed by atoms with Crippen molar-refractivity contribution < 1.29 is 0 Å². The number of H-pyrrole nitrogens is 1. The predicted molar refractivity (Wildman–Crippen MR) is 108 cm³/mol. The first-order chi connectivity index (χ1) is 13.0. The van der Waals surface area contributed by atoms with Gasteiger partial charge in [0.15, 0.2) is 11.0 Å². The molecular formula is C18H18N6OS2. The zero-order valence-corrected chi connectivity index (χ0v) is 17.0. The maximum Gasteiger partial charge on any atom is 0.259 e. The molecule has 4 aromatic rings. The van der Waals surface area contributed by atoms with Crippen molar-refractivity contribution in [2.24, 2.45) is 7.05 Å². The van der Waals surface area contributed by atoms with Crippen LogP contribution in [-0.2, 0) is 7.05 Å². The quantitative estimate of drug-likeness (QED) is 0.528. The third kappa shape index (κ3) is 3.17. The molecule has 9 heteroatoms. The molecule has 7 nitrogen and oxygen atoms in total. The summed E-state index contributed by atoms with van der Waals surface area (Å²) in [4.78, 5) is 26.2. The Kier molecular flexibility index (Phi) is 4.56. The fraction of sp³-hybridized carbons (Fsp3) is 0.278. The molecular weight excluding hydrogens is 380 g/mol. The summed E-state index contributed by atoms with van der Waals surface area (Å²) in [6.07, 6.45) is 3.49. The Balaban J connectivity index is 1.65. The summed E-state index contributed by atoms with van der Waals surface area (Å²) >= 11 is 3.06. The second-order valence-electron chi connectivity index (χ2n) is 6.28. The van der Waals surface area contributed by atoms with E-state index in [9.17, 15) is 4.79 Å². The van der Waals surface area contributed by atoms with Crippen molar-refractivity contribution in [2.45, 2.75) is 31.2 Å². The average Bonchev–Trinajstić information content (AvgIpc) is 3.16. The molecule has 0 fully saturated rings. The van der Waals surface area contributed by atoms with Gasteiger partial charge in [-0.1, -0.05) is 11.8 Å². The van der Waals surface area contributed by atoms with Gasteiger partial charge in [0.05, 0.1) is 10.6 Å². The Labute approximate surface area is 163 Å². The Bertz CT molecular complexity index is 1180. The van der Waals surface area contributed by atoms with Crippen molar-refractivity contribution in [2.75, 3.05) is 0 Å². The van der Waals surface area contributed by atoms with Crippen LogP contribution in [0.3, 0.4) is 0 Å². The van der Waals surface area contributed by atoms with Gasteiger partial charge >= 0.3 is 0 Å². The smallest absolute Gasteiger partial charge is 0.259 e. The Morgan fingerprint density at radius 1 is 1.30 bits per heavy atom. The van der Waals surface area contributed by atoms with Gasteiger partial charge in [-0.15, -0.1) is 21.5 Å².